The van der Waals surface area contributed by atoms with Crippen molar-refractivity contribution in [2.75, 3.05) is 5.32 Å². The van der Waals surface area contributed by atoms with Crippen molar-refractivity contribution in [2.24, 2.45) is 0 Å². The van der Waals surface area contributed by atoms with E-state index in [-0.39, 0.29) is 11.5 Å². The zero-order valence-electron chi connectivity index (χ0n) is 12.6. The predicted molar refractivity (Wildman–Crippen MR) is 87.4 cm³/mol. The molecular weight excluding hydrogens is 331 g/mol. The monoisotopic (exact) mass is 344 g/mol. The van der Waals surface area contributed by atoms with Gasteiger partial charge in [-0.15, -0.1) is 0 Å². The Kier molecular flexibility index (Phi) is 4.48. The summed E-state index contributed by atoms with van der Waals surface area (Å²) in [6.45, 7) is 1.59. The molecule has 6 nitrogen and oxygen atoms in total. The van der Waals surface area contributed by atoms with E-state index in [4.69, 9.17) is 0 Å². The first kappa shape index (κ1) is 16.0. The van der Waals surface area contributed by atoms with Gasteiger partial charge in [-0.2, -0.15) is 9.19 Å². The number of pyridine rings is 1. The molecule has 2 heterocycles. The lowest BCUT2D eigenvalue weighted by atomic mass is 10.2. The van der Waals surface area contributed by atoms with Crippen LogP contribution in [0.25, 0.3) is 0 Å². The smallest absolute Gasteiger partial charge is 0.274 e. The molecule has 1 unspecified atom stereocenters. The number of nitrogens with zero attached hydrogens (tertiary/aromatic N) is 3. The quantitative estimate of drug-likeness (QED) is 0.789. The third-order valence-corrected chi connectivity index (χ3v) is 4.41. The van der Waals surface area contributed by atoms with Crippen LogP contribution in [-0.4, -0.2) is 24.3 Å². The van der Waals surface area contributed by atoms with Crippen molar-refractivity contribution in [2.45, 2.75) is 11.8 Å². The number of aromatic nitrogens is 3. The normalized spacial score (nSPS) is 11.9. The second-order valence-electron chi connectivity index (χ2n) is 4.96. The van der Waals surface area contributed by atoms with Crippen molar-refractivity contribution in [3.8, 4) is 0 Å². The number of carbonyl (C=O) groups is 1. The highest BCUT2D eigenvalue weighted by atomic mass is 32.2. The van der Waals surface area contributed by atoms with Crippen molar-refractivity contribution in [1.82, 2.24) is 14.2 Å². The maximum Gasteiger partial charge on any atom is 0.274 e. The first-order chi connectivity index (χ1) is 11.5. The number of nitrogens with one attached hydrogen (secondary N) is 1. The second kappa shape index (κ2) is 6.71. The molecule has 0 aliphatic heterocycles. The summed E-state index contributed by atoms with van der Waals surface area (Å²) in [5, 5.41) is 6.61. The van der Waals surface area contributed by atoms with Crippen LogP contribution in [0.5, 0.6) is 0 Å². The summed E-state index contributed by atoms with van der Waals surface area (Å²) in [5.41, 5.74) is 1.05. The van der Waals surface area contributed by atoms with Gasteiger partial charge in [0.1, 0.15) is 11.5 Å². The summed E-state index contributed by atoms with van der Waals surface area (Å²) in [4.78, 5) is 16.4. The minimum atomic E-state index is -1.63. The molecule has 0 saturated carbocycles. The molecule has 1 aromatic carbocycles. The van der Waals surface area contributed by atoms with Crippen LogP contribution in [0.2, 0.25) is 0 Å². The Balaban J connectivity index is 1.76. The van der Waals surface area contributed by atoms with Gasteiger partial charge in [-0.25, -0.2) is 8.60 Å². The van der Waals surface area contributed by atoms with Crippen molar-refractivity contribution in [3.63, 3.8) is 0 Å². The fourth-order valence-electron chi connectivity index (χ4n) is 1.99. The van der Waals surface area contributed by atoms with Gasteiger partial charge in [-0.05, 0) is 42.8 Å². The lowest BCUT2D eigenvalue weighted by Crippen LogP contribution is -2.13. The maximum atomic E-state index is 13.3. The molecule has 122 valence electrons. The van der Waals surface area contributed by atoms with E-state index in [1.807, 2.05) is 0 Å². The lowest BCUT2D eigenvalue weighted by Gasteiger charge is -2.04. The third kappa shape index (κ3) is 3.38. The number of amides is 1. The molecule has 2 aromatic heterocycles. The molecule has 24 heavy (non-hydrogen) atoms. The topological polar surface area (TPSA) is 76.9 Å². The minimum absolute atomic E-state index is 0.264. The third-order valence-electron chi connectivity index (χ3n) is 3.22. The minimum Gasteiger partial charge on any atom is -0.318 e. The number of halogens is 1. The standard InChI is InChI=1S/C16H13FN4O2S/c1-11-8-13(5-6-14(11)17)24(23)21-10-12(9-19-21)20-16(22)15-4-2-3-7-18-15/h2-10H,1H3,(H,20,22). The zero-order valence-corrected chi connectivity index (χ0v) is 13.5. The zero-order chi connectivity index (χ0) is 17.1. The summed E-state index contributed by atoms with van der Waals surface area (Å²) in [6, 6.07) is 9.19. The molecule has 0 fully saturated rings. The van der Waals surface area contributed by atoms with Crippen LogP contribution in [0.15, 0.2) is 59.9 Å². The molecule has 0 radical (unpaired) electrons. The molecule has 1 N–H and O–H groups in total. The van der Waals surface area contributed by atoms with Crippen molar-refractivity contribution in [3.05, 3.63) is 72.1 Å². The Bertz CT molecular complexity index is 911. The molecule has 8 heteroatoms. The van der Waals surface area contributed by atoms with Gasteiger partial charge in [-0.3, -0.25) is 9.78 Å². The van der Waals surface area contributed by atoms with Crippen LogP contribution in [0, 0.1) is 12.7 Å². The van der Waals surface area contributed by atoms with E-state index in [9.17, 15) is 13.4 Å². The lowest BCUT2D eigenvalue weighted by molar-refractivity contribution is 0.102. The Morgan fingerprint density at radius 1 is 1.29 bits per heavy atom. The van der Waals surface area contributed by atoms with E-state index in [2.05, 4.69) is 15.4 Å². The van der Waals surface area contributed by atoms with Crippen molar-refractivity contribution in [1.29, 1.82) is 0 Å². The summed E-state index contributed by atoms with van der Waals surface area (Å²) < 4.78 is 26.9. The fourth-order valence-corrected chi connectivity index (χ4v) is 3.01. The van der Waals surface area contributed by atoms with E-state index in [0.717, 1.165) is 0 Å². The molecular formula is C16H13FN4O2S. The van der Waals surface area contributed by atoms with Crippen LogP contribution in [0.4, 0.5) is 10.1 Å². The Hall–Kier alpha value is -2.87. The Morgan fingerprint density at radius 3 is 2.83 bits per heavy atom. The number of carbonyl (C=O) groups excluding carboxylic acids is 1. The van der Waals surface area contributed by atoms with Crippen LogP contribution in [-0.2, 0) is 11.0 Å². The summed E-state index contributed by atoms with van der Waals surface area (Å²) in [6.07, 6.45) is 4.34. The number of anilines is 1. The number of hydrogen-bond acceptors (Lipinski definition) is 4. The van der Waals surface area contributed by atoms with Crippen LogP contribution in [0.1, 0.15) is 16.1 Å². The largest absolute Gasteiger partial charge is 0.318 e. The Morgan fingerprint density at radius 2 is 2.12 bits per heavy atom. The van der Waals surface area contributed by atoms with E-state index < -0.39 is 16.9 Å². The van der Waals surface area contributed by atoms with Gasteiger partial charge in [0.25, 0.3) is 5.91 Å². The molecule has 0 bridgehead atoms. The van der Waals surface area contributed by atoms with E-state index in [1.165, 1.54) is 40.9 Å². The van der Waals surface area contributed by atoms with E-state index in [1.54, 1.807) is 25.1 Å². The fraction of sp³-hybridized carbons (Fsp3) is 0.0625. The average molecular weight is 344 g/mol. The van der Waals surface area contributed by atoms with Gasteiger partial charge < -0.3 is 5.32 Å². The molecule has 0 spiro atoms. The van der Waals surface area contributed by atoms with Gasteiger partial charge in [0.2, 0.25) is 0 Å². The highest BCUT2D eigenvalue weighted by Crippen LogP contribution is 2.16. The second-order valence-corrected chi connectivity index (χ2v) is 6.30. The predicted octanol–water partition coefficient (Wildman–Crippen LogP) is 2.55. The summed E-state index contributed by atoms with van der Waals surface area (Å²) in [7, 11) is -1.63. The van der Waals surface area contributed by atoms with Gasteiger partial charge in [0.05, 0.1) is 23.0 Å². The van der Waals surface area contributed by atoms with Crippen LogP contribution >= 0.6 is 0 Å². The number of benzene rings is 1. The SMILES string of the molecule is Cc1cc(S(=O)n2cc(NC(=O)c3ccccn3)cn2)ccc1F. The molecule has 3 aromatic rings. The summed E-state index contributed by atoms with van der Waals surface area (Å²) >= 11 is 0. The summed E-state index contributed by atoms with van der Waals surface area (Å²) in [5.74, 6) is -0.752. The highest BCUT2D eigenvalue weighted by molar-refractivity contribution is 7.83. The molecule has 3 rings (SSSR count). The van der Waals surface area contributed by atoms with Gasteiger partial charge in [-0.1, -0.05) is 6.07 Å². The van der Waals surface area contributed by atoms with Gasteiger partial charge in [0, 0.05) is 6.20 Å². The molecule has 1 atom stereocenters. The van der Waals surface area contributed by atoms with Crippen LogP contribution < -0.4 is 5.32 Å². The van der Waals surface area contributed by atoms with Crippen molar-refractivity contribution >= 4 is 22.6 Å². The maximum absolute atomic E-state index is 13.3. The average Bonchev–Trinajstić information content (AvgIpc) is 3.06. The molecule has 0 aliphatic rings. The Labute approximate surface area is 139 Å². The number of rotatable bonds is 4. The van der Waals surface area contributed by atoms with E-state index >= 15 is 0 Å². The van der Waals surface area contributed by atoms with Gasteiger partial charge in [0.15, 0.2) is 11.0 Å². The first-order valence-electron chi connectivity index (χ1n) is 7.00. The van der Waals surface area contributed by atoms with E-state index in [0.29, 0.717) is 16.1 Å². The molecule has 1 amide bonds. The number of hydrogen-bond donors (Lipinski definition) is 1. The van der Waals surface area contributed by atoms with Crippen molar-refractivity contribution < 1.29 is 13.4 Å². The molecule has 0 aliphatic carbocycles. The number of aryl methyl sites for hydroxylation is 1. The first-order valence-corrected chi connectivity index (χ1v) is 8.11. The molecule has 0 saturated heterocycles. The van der Waals surface area contributed by atoms with Gasteiger partial charge >= 0.3 is 0 Å². The van der Waals surface area contributed by atoms with Crippen LogP contribution in [0.3, 0.4) is 0 Å². The highest BCUT2D eigenvalue weighted by Gasteiger charge is 2.12.